The van der Waals surface area contributed by atoms with Crippen molar-refractivity contribution in [2.75, 3.05) is 20.1 Å². The minimum Gasteiger partial charge on any atom is -0.444 e. The maximum atomic E-state index is 5.57. The quantitative estimate of drug-likeness (QED) is 0.910. The molecule has 19 heavy (non-hydrogen) atoms. The second-order valence-electron chi connectivity index (χ2n) is 5.24. The van der Waals surface area contributed by atoms with Gasteiger partial charge in [-0.1, -0.05) is 17.7 Å². The van der Waals surface area contributed by atoms with E-state index in [0.717, 1.165) is 30.9 Å². The van der Waals surface area contributed by atoms with Crippen LogP contribution in [-0.4, -0.2) is 36.1 Å². The molecule has 0 saturated carbocycles. The molecule has 4 heteroatoms. The monoisotopic (exact) mass is 257 g/mol. The zero-order chi connectivity index (χ0) is 13.2. The lowest BCUT2D eigenvalue weighted by atomic mass is 10.1. The van der Waals surface area contributed by atoms with Crippen LogP contribution in [-0.2, 0) is 6.54 Å². The lowest BCUT2D eigenvalue weighted by Gasteiger charge is -2.35. The van der Waals surface area contributed by atoms with Crippen LogP contribution in [0.1, 0.15) is 11.3 Å². The van der Waals surface area contributed by atoms with E-state index in [-0.39, 0.29) is 0 Å². The Kier molecular flexibility index (Phi) is 3.36. The molecule has 0 unspecified atom stereocenters. The zero-order valence-corrected chi connectivity index (χ0v) is 11.4. The van der Waals surface area contributed by atoms with E-state index in [9.17, 15) is 0 Å². The number of aryl methyl sites for hydroxylation is 1. The van der Waals surface area contributed by atoms with Gasteiger partial charge in [0.2, 0.25) is 5.89 Å². The summed E-state index contributed by atoms with van der Waals surface area (Å²) >= 11 is 0. The van der Waals surface area contributed by atoms with E-state index < -0.39 is 0 Å². The van der Waals surface area contributed by atoms with Gasteiger partial charge in [-0.15, -0.1) is 0 Å². The van der Waals surface area contributed by atoms with E-state index in [4.69, 9.17) is 4.42 Å². The Hall–Kier alpha value is -1.65. The fourth-order valence-corrected chi connectivity index (χ4v) is 2.18. The van der Waals surface area contributed by atoms with E-state index in [2.05, 4.69) is 41.3 Å². The van der Waals surface area contributed by atoms with Crippen LogP contribution >= 0.6 is 0 Å². The average Bonchev–Trinajstić information content (AvgIpc) is 2.76. The number of benzene rings is 1. The van der Waals surface area contributed by atoms with Gasteiger partial charge in [0.05, 0.1) is 5.69 Å². The fraction of sp³-hybridized carbons (Fsp3) is 0.400. The van der Waals surface area contributed by atoms with Gasteiger partial charge < -0.3 is 9.73 Å². The Balaban J connectivity index is 1.70. The highest BCUT2D eigenvalue weighted by Gasteiger charge is 2.22. The zero-order valence-electron chi connectivity index (χ0n) is 11.4. The molecule has 0 amide bonds. The molecule has 1 aliphatic heterocycles. The first-order valence-electron chi connectivity index (χ1n) is 6.65. The maximum Gasteiger partial charge on any atom is 0.226 e. The minimum atomic E-state index is 0.625. The van der Waals surface area contributed by atoms with Crippen LogP contribution in [0.2, 0.25) is 0 Å². The number of rotatable bonds is 4. The molecule has 0 spiro atoms. The molecule has 100 valence electrons. The largest absolute Gasteiger partial charge is 0.444 e. The summed E-state index contributed by atoms with van der Waals surface area (Å²) in [6, 6.07) is 8.87. The maximum absolute atomic E-state index is 5.57. The van der Waals surface area contributed by atoms with Gasteiger partial charge in [-0.3, -0.25) is 4.90 Å². The van der Waals surface area contributed by atoms with Gasteiger partial charge in [0.25, 0.3) is 0 Å². The van der Waals surface area contributed by atoms with E-state index in [0.29, 0.717) is 11.9 Å². The standard InChI is InChI=1S/C15H19N3O/c1-11-3-5-12(6-4-11)15-17-13(10-19-15)9-18(2)14-7-16-8-14/h3-6,10,14,16H,7-9H2,1-2H3. The van der Waals surface area contributed by atoms with Crippen molar-refractivity contribution in [2.24, 2.45) is 0 Å². The molecule has 0 radical (unpaired) electrons. The van der Waals surface area contributed by atoms with Gasteiger partial charge in [-0.25, -0.2) is 4.98 Å². The van der Waals surface area contributed by atoms with Crippen LogP contribution in [0.5, 0.6) is 0 Å². The lowest BCUT2D eigenvalue weighted by molar-refractivity contribution is 0.171. The first-order valence-corrected chi connectivity index (χ1v) is 6.65. The topological polar surface area (TPSA) is 41.3 Å². The number of nitrogens with zero attached hydrogens (tertiary/aromatic N) is 2. The minimum absolute atomic E-state index is 0.625. The smallest absolute Gasteiger partial charge is 0.226 e. The molecule has 2 heterocycles. The second-order valence-corrected chi connectivity index (χ2v) is 5.24. The highest BCUT2D eigenvalue weighted by molar-refractivity contribution is 5.53. The van der Waals surface area contributed by atoms with Gasteiger partial charge in [-0.05, 0) is 26.1 Å². The van der Waals surface area contributed by atoms with E-state index in [1.165, 1.54) is 5.56 Å². The normalized spacial score (nSPS) is 15.7. The van der Waals surface area contributed by atoms with Crippen LogP contribution < -0.4 is 5.32 Å². The molecule has 3 rings (SSSR count). The molecule has 0 atom stereocenters. The first-order chi connectivity index (χ1) is 9.22. The predicted molar refractivity (Wildman–Crippen MR) is 74.8 cm³/mol. The van der Waals surface area contributed by atoms with Crippen LogP contribution in [0.15, 0.2) is 34.9 Å². The van der Waals surface area contributed by atoms with Gasteiger partial charge in [0, 0.05) is 31.2 Å². The van der Waals surface area contributed by atoms with Crippen LogP contribution in [0.3, 0.4) is 0 Å². The van der Waals surface area contributed by atoms with Crippen molar-refractivity contribution in [3.8, 4) is 11.5 Å². The first kappa shape index (κ1) is 12.4. The number of aromatic nitrogens is 1. The summed E-state index contributed by atoms with van der Waals surface area (Å²) in [7, 11) is 2.13. The lowest BCUT2D eigenvalue weighted by Crippen LogP contribution is -2.55. The molecule has 4 nitrogen and oxygen atoms in total. The highest BCUT2D eigenvalue weighted by atomic mass is 16.3. The van der Waals surface area contributed by atoms with Crippen molar-refractivity contribution < 1.29 is 4.42 Å². The summed E-state index contributed by atoms with van der Waals surface area (Å²) in [6.07, 6.45) is 1.76. The Bertz CT molecular complexity index is 543. The molecular weight excluding hydrogens is 238 g/mol. The van der Waals surface area contributed by atoms with Gasteiger partial charge in [0.1, 0.15) is 6.26 Å². The van der Waals surface area contributed by atoms with Crippen molar-refractivity contribution in [2.45, 2.75) is 19.5 Å². The molecule has 1 fully saturated rings. The van der Waals surface area contributed by atoms with Gasteiger partial charge >= 0.3 is 0 Å². The third-order valence-corrected chi connectivity index (χ3v) is 3.64. The molecule has 1 aliphatic rings. The number of hydrogen-bond donors (Lipinski definition) is 1. The number of oxazole rings is 1. The van der Waals surface area contributed by atoms with E-state index in [1.54, 1.807) is 6.26 Å². The Labute approximate surface area is 113 Å². The molecule has 1 aromatic carbocycles. The van der Waals surface area contributed by atoms with E-state index in [1.807, 2.05) is 12.1 Å². The summed E-state index contributed by atoms with van der Waals surface area (Å²) in [5, 5.41) is 3.28. The Morgan fingerprint density at radius 1 is 1.32 bits per heavy atom. The summed E-state index contributed by atoms with van der Waals surface area (Å²) in [5.41, 5.74) is 3.27. The van der Waals surface area contributed by atoms with Crippen molar-refractivity contribution in [1.82, 2.24) is 15.2 Å². The summed E-state index contributed by atoms with van der Waals surface area (Å²) in [5.74, 6) is 0.704. The molecule has 2 aromatic rings. The van der Waals surface area contributed by atoms with Gasteiger partial charge in [0.15, 0.2) is 0 Å². The molecule has 1 aromatic heterocycles. The van der Waals surface area contributed by atoms with E-state index >= 15 is 0 Å². The summed E-state index contributed by atoms with van der Waals surface area (Å²) < 4.78 is 5.57. The van der Waals surface area contributed by atoms with Crippen LogP contribution in [0.4, 0.5) is 0 Å². The Morgan fingerprint density at radius 2 is 2.05 bits per heavy atom. The third kappa shape index (κ3) is 2.69. The number of nitrogens with one attached hydrogen (secondary N) is 1. The summed E-state index contributed by atoms with van der Waals surface area (Å²) in [6.45, 7) is 5.05. The van der Waals surface area contributed by atoms with Crippen LogP contribution in [0, 0.1) is 6.92 Å². The third-order valence-electron chi connectivity index (χ3n) is 3.64. The van der Waals surface area contributed by atoms with Crippen LogP contribution in [0.25, 0.3) is 11.5 Å². The van der Waals surface area contributed by atoms with Gasteiger partial charge in [-0.2, -0.15) is 0 Å². The average molecular weight is 257 g/mol. The molecule has 0 aliphatic carbocycles. The predicted octanol–water partition coefficient (Wildman–Crippen LogP) is 2.05. The summed E-state index contributed by atoms with van der Waals surface area (Å²) in [4.78, 5) is 6.87. The van der Waals surface area contributed by atoms with Crippen molar-refractivity contribution in [1.29, 1.82) is 0 Å². The Morgan fingerprint density at radius 3 is 2.68 bits per heavy atom. The SMILES string of the molecule is Cc1ccc(-c2nc(CN(C)C3CNC3)co2)cc1. The molecule has 1 N–H and O–H groups in total. The molecule has 0 bridgehead atoms. The van der Waals surface area contributed by atoms with Crippen molar-refractivity contribution >= 4 is 0 Å². The second kappa shape index (κ2) is 5.15. The van der Waals surface area contributed by atoms with Crippen molar-refractivity contribution in [3.63, 3.8) is 0 Å². The highest BCUT2D eigenvalue weighted by Crippen LogP contribution is 2.20. The fourth-order valence-electron chi connectivity index (χ4n) is 2.18. The van der Waals surface area contributed by atoms with Crippen molar-refractivity contribution in [3.05, 3.63) is 41.8 Å². The number of likely N-dealkylation sites (N-methyl/N-ethyl adjacent to an activating group) is 1. The molecule has 1 saturated heterocycles. The number of hydrogen-bond acceptors (Lipinski definition) is 4. The molecular formula is C15H19N3O.